The highest BCUT2D eigenvalue weighted by molar-refractivity contribution is 7.71. The highest BCUT2D eigenvalue weighted by Gasteiger charge is 2.12. The maximum Gasteiger partial charge on any atom is 0.262 e. The number of benzene rings is 1. The number of hydrogen-bond donors (Lipinski definition) is 3. The summed E-state index contributed by atoms with van der Waals surface area (Å²) in [7, 11) is 0. The Bertz CT molecular complexity index is 897. The molecule has 1 amide bonds. The fourth-order valence-electron chi connectivity index (χ4n) is 3.05. The quantitative estimate of drug-likeness (QED) is 0.571. The number of rotatable bonds is 9. The molecule has 0 radical (unpaired) electrons. The molecule has 0 saturated carbocycles. The van der Waals surface area contributed by atoms with Crippen LogP contribution in [0.3, 0.4) is 0 Å². The van der Waals surface area contributed by atoms with Crippen molar-refractivity contribution in [3.63, 3.8) is 0 Å². The van der Waals surface area contributed by atoms with Crippen molar-refractivity contribution in [1.29, 1.82) is 0 Å². The summed E-state index contributed by atoms with van der Waals surface area (Å²) in [5.41, 5.74) is 1.03. The van der Waals surface area contributed by atoms with Gasteiger partial charge in [0.25, 0.3) is 11.5 Å². The van der Waals surface area contributed by atoms with E-state index in [-0.39, 0.29) is 11.5 Å². The Balaban J connectivity index is 2.25. The summed E-state index contributed by atoms with van der Waals surface area (Å²) >= 11 is 5.40. The van der Waals surface area contributed by atoms with Gasteiger partial charge in [-0.1, -0.05) is 13.8 Å². The van der Waals surface area contributed by atoms with Crippen LogP contribution in [0.15, 0.2) is 23.0 Å². The Hall–Kier alpha value is -1.99. The molecular formula is C20H31N4O2S+. The van der Waals surface area contributed by atoms with Crippen molar-refractivity contribution in [2.45, 2.75) is 40.7 Å². The second-order valence-electron chi connectivity index (χ2n) is 7.29. The molecule has 0 spiro atoms. The van der Waals surface area contributed by atoms with Crippen molar-refractivity contribution in [1.82, 2.24) is 14.9 Å². The lowest BCUT2D eigenvalue weighted by atomic mass is 10.1. The van der Waals surface area contributed by atoms with Gasteiger partial charge in [-0.05, 0) is 56.6 Å². The van der Waals surface area contributed by atoms with E-state index in [1.165, 1.54) is 4.90 Å². The number of nitrogens with one attached hydrogen (secondary N) is 3. The van der Waals surface area contributed by atoms with Crippen molar-refractivity contribution in [2.75, 3.05) is 26.2 Å². The van der Waals surface area contributed by atoms with Gasteiger partial charge in [-0.3, -0.25) is 14.2 Å². The van der Waals surface area contributed by atoms with Crippen molar-refractivity contribution in [3.8, 4) is 0 Å². The van der Waals surface area contributed by atoms with E-state index in [0.717, 1.165) is 26.1 Å². The van der Waals surface area contributed by atoms with Crippen molar-refractivity contribution >= 4 is 29.0 Å². The Kier molecular flexibility index (Phi) is 7.74. The molecule has 3 N–H and O–H groups in total. The molecule has 0 aliphatic carbocycles. The summed E-state index contributed by atoms with van der Waals surface area (Å²) in [5.74, 6) is 0.404. The maximum atomic E-state index is 12.8. The average Bonchev–Trinajstić information content (AvgIpc) is 2.63. The molecule has 1 heterocycles. The van der Waals surface area contributed by atoms with E-state index in [2.05, 4.69) is 38.0 Å². The van der Waals surface area contributed by atoms with E-state index in [4.69, 9.17) is 12.2 Å². The van der Waals surface area contributed by atoms with E-state index in [1.807, 2.05) is 0 Å². The lowest BCUT2D eigenvalue weighted by Gasteiger charge is -2.16. The number of likely N-dealkylation sites (N-methyl/N-ethyl adjacent to an activating group) is 1. The third kappa shape index (κ3) is 5.49. The molecule has 27 heavy (non-hydrogen) atoms. The predicted octanol–water partition coefficient (Wildman–Crippen LogP) is 1.76. The molecule has 148 valence electrons. The topological polar surface area (TPSA) is 71.3 Å². The van der Waals surface area contributed by atoms with Gasteiger partial charge in [-0.2, -0.15) is 0 Å². The Morgan fingerprint density at radius 3 is 2.63 bits per heavy atom. The molecule has 2 aromatic rings. The number of carbonyl (C=O) groups excluding carboxylic acids is 1. The number of H-pyrrole nitrogens is 1. The number of aromatic nitrogens is 2. The molecule has 0 bridgehead atoms. The highest BCUT2D eigenvalue weighted by atomic mass is 32.1. The molecule has 2 rings (SSSR count). The van der Waals surface area contributed by atoms with E-state index in [0.29, 0.717) is 40.2 Å². The van der Waals surface area contributed by atoms with Gasteiger partial charge in [0.05, 0.1) is 37.1 Å². The van der Waals surface area contributed by atoms with Crippen LogP contribution >= 0.6 is 12.2 Å². The summed E-state index contributed by atoms with van der Waals surface area (Å²) < 4.78 is 2.02. The molecule has 0 aliphatic heterocycles. The predicted molar refractivity (Wildman–Crippen MR) is 112 cm³/mol. The van der Waals surface area contributed by atoms with Crippen LogP contribution in [0.5, 0.6) is 0 Å². The average molecular weight is 392 g/mol. The number of nitrogens with zero attached hydrogens (tertiary/aromatic N) is 1. The fourth-order valence-corrected chi connectivity index (χ4v) is 3.33. The lowest BCUT2D eigenvalue weighted by Crippen LogP contribution is -3.11. The van der Waals surface area contributed by atoms with Crippen LogP contribution in [-0.4, -0.2) is 41.6 Å². The summed E-state index contributed by atoms with van der Waals surface area (Å²) in [6.07, 6.45) is 0.932. The van der Waals surface area contributed by atoms with Crippen LogP contribution in [0.2, 0.25) is 0 Å². The van der Waals surface area contributed by atoms with Crippen LogP contribution in [-0.2, 0) is 6.54 Å². The van der Waals surface area contributed by atoms with Crippen LogP contribution in [0.25, 0.3) is 10.9 Å². The summed E-state index contributed by atoms with van der Waals surface area (Å²) in [6.45, 7) is 12.6. The summed E-state index contributed by atoms with van der Waals surface area (Å²) in [4.78, 5) is 29.7. The number of quaternary nitrogens is 1. The lowest BCUT2D eigenvalue weighted by molar-refractivity contribution is -0.897. The van der Waals surface area contributed by atoms with Crippen molar-refractivity contribution < 1.29 is 9.69 Å². The first-order valence-electron chi connectivity index (χ1n) is 9.76. The Morgan fingerprint density at radius 1 is 1.30 bits per heavy atom. The van der Waals surface area contributed by atoms with Gasteiger partial charge in [0.2, 0.25) is 0 Å². The van der Waals surface area contributed by atoms with E-state index >= 15 is 0 Å². The summed E-state index contributed by atoms with van der Waals surface area (Å²) in [5, 5.41) is 3.47. The van der Waals surface area contributed by atoms with Gasteiger partial charge >= 0.3 is 0 Å². The van der Waals surface area contributed by atoms with Gasteiger partial charge in [-0.25, -0.2) is 0 Å². The number of aromatic amines is 1. The molecule has 0 saturated heterocycles. The number of fused-ring (bicyclic) bond motifs is 1. The zero-order valence-electron chi connectivity index (χ0n) is 16.7. The number of amides is 1. The smallest absolute Gasteiger partial charge is 0.262 e. The summed E-state index contributed by atoms with van der Waals surface area (Å²) in [6, 6.07) is 5.11. The molecular weight excluding hydrogens is 360 g/mol. The molecule has 1 aromatic heterocycles. The van der Waals surface area contributed by atoms with Gasteiger partial charge in [-0.15, -0.1) is 0 Å². The molecule has 7 heteroatoms. The third-order valence-electron chi connectivity index (χ3n) is 4.94. The molecule has 6 nitrogen and oxygen atoms in total. The minimum atomic E-state index is -0.133. The first kappa shape index (κ1) is 21.3. The van der Waals surface area contributed by atoms with Gasteiger partial charge in [0.15, 0.2) is 4.77 Å². The van der Waals surface area contributed by atoms with E-state index in [1.54, 1.807) is 22.8 Å². The zero-order valence-corrected chi connectivity index (χ0v) is 17.5. The van der Waals surface area contributed by atoms with Crippen LogP contribution < -0.4 is 15.8 Å². The Morgan fingerprint density at radius 2 is 2.00 bits per heavy atom. The van der Waals surface area contributed by atoms with Gasteiger partial charge in [0, 0.05) is 12.1 Å². The molecule has 0 aliphatic rings. The van der Waals surface area contributed by atoms with Gasteiger partial charge < -0.3 is 15.2 Å². The zero-order chi connectivity index (χ0) is 20.0. The monoisotopic (exact) mass is 391 g/mol. The van der Waals surface area contributed by atoms with Crippen LogP contribution in [0.1, 0.15) is 44.5 Å². The molecule has 1 aromatic carbocycles. The van der Waals surface area contributed by atoms with Crippen LogP contribution in [0, 0.1) is 10.7 Å². The van der Waals surface area contributed by atoms with Crippen molar-refractivity contribution in [3.05, 3.63) is 38.9 Å². The van der Waals surface area contributed by atoms with Crippen LogP contribution in [0.4, 0.5) is 0 Å². The Labute approximate surface area is 165 Å². The molecule has 0 fully saturated rings. The van der Waals surface area contributed by atoms with Crippen molar-refractivity contribution in [2.24, 2.45) is 5.92 Å². The van der Waals surface area contributed by atoms with Gasteiger partial charge in [0.1, 0.15) is 0 Å². The standard InChI is InChI=1S/C20H30N4O2S/c1-5-23(6-2)11-12-24-19(26)16-8-7-15(13-17(16)22-20(24)27)18(25)21-10-9-14(3)4/h7-8,13-14H,5-6,9-12H2,1-4H3,(H,21,25)(H,22,27)/p+1. The second-order valence-corrected chi connectivity index (χ2v) is 7.68. The normalized spacial score (nSPS) is 11.5. The second kappa shape index (κ2) is 9.80. The minimum absolute atomic E-state index is 0.105. The third-order valence-corrected chi connectivity index (χ3v) is 5.26. The first-order valence-corrected chi connectivity index (χ1v) is 10.2. The van der Waals surface area contributed by atoms with E-state index < -0.39 is 0 Å². The molecule has 0 unspecified atom stereocenters. The van der Waals surface area contributed by atoms with E-state index in [9.17, 15) is 9.59 Å². The first-order chi connectivity index (χ1) is 12.9. The fraction of sp³-hybridized carbons (Fsp3) is 0.550. The minimum Gasteiger partial charge on any atom is -0.352 e. The SMILES string of the molecule is CC[NH+](CC)CCn1c(=S)[nH]c2cc(C(=O)NCCC(C)C)ccc2c1=O. The number of carbonyl (C=O) groups is 1. The molecule has 0 atom stereocenters. The largest absolute Gasteiger partial charge is 0.352 e. The highest BCUT2D eigenvalue weighted by Crippen LogP contribution is 2.11. The maximum absolute atomic E-state index is 12.8. The number of hydrogen-bond acceptors (Lipinski definition) is 3.